The van der Waals surface area contributed by atoms with Crippen molar-refractivity contribution in [3.05, 3.63) is 18.2 Å². The van der Waals surface area contributed by atoms with Gasteiger partial charge in [-0.15, -0.1) is 0 Å². The predicted octanol–water partition coefficient (Wildman–Crippen LogP) is 3.91. The summed E-state index contributed by atoms with van der Waals surface area (Å²) in [5.41, 5.74) is -0.598. The number of hydrogen-bond acceptors (Lipinski definition) is 5. The van der Waals surface area contributed by atoms with Gasteiger partial charge in [-0.05, 0) is 52.7 Å². The minimum Gasteiger partial charge on any atom is -0.484 e. The average Bonchev–Trinajstić information content (AvgIpc) is 2.58. The zero-order valence-corrected chi connectivity index (χ0v) is 18.2. The number of hydrogen-bond donors (Lipinski definition) is 0. The van der Waals surface area contributed by atoms with E-state index in [0.717, 1.165) is 18.0 Å². The van der Waals surface area contributed by atoms with Crippen LogP contribution in [0, 0.1) is 0 Å². The number of rotatable bonds is 10. The van der Waals surface area contributed by atoms with Gasteiger partial charge in [0.15, 0.2) is 11.5 Å². The molecule has 0 aliphatic carbocycles. The molecule has 0 spiro atoms. The van der Waals surface area contributed by atoms with E-state index in [0.29, 0.717) is 11.5 Å². The van der Waals surface area contributed by atoms with Crippen LogP contribution in [0.15, 0.2) is 18.2 Å². The molecule has 144 valence electrons. The van der Waals surface area contributed by atoms with Crippen LogP contribution in [0.1, 0.15) is 54.4 Å². The van der Waals surface area contributed by atoms with E-state index in [1.807, 2.05) is 18.2 Å². The smallest absolute Gasteiger partial charge is 0.484 e. The fourth-order valence-corrected chi connectivity index (χ4v) is 4.01. The van der Waals surface area contributed by atoms with Crippen LogP contribution < -0.4 is 14.7 Å². The summed E-state index contributed by atoms with van der Waals surface area (Å²) >= 11 is 0. The largest absolute Gasteiger partial charge is 0.536 e. The lowest BCUT2D eigenvalue weighted by molar-refractivity contribution is 0.0728. The van der Waals surface area contributed by atoms with Crippen LogP contribution in [0.2, 0.25) is 0 Å². The first-order chi connectivity index (χ1) is 11.6. The lowest BCUT2D eigenvalue weighted by atomic mass is 10.1. The van der Waals surface area contributed by atoms with Crippen LogP contribution in [-0.4, -0.2) is 41.3 Å². The van der Waals surface area contributed by atoms with Crippen molar-refractivity contribution in [2.45, 2.75) is 65.6 Å². The first kappa shape index (κ1) is 22.0. The molecule has 5 nitrogen and oxygen atoms in total. The van der Waals surface area contributed by atoms with E-state index in [2.05, 4.69) is 41.5 Å². The molecule has 0 aliphatic rings. The summed E-state index contributed by atoms with van der Waals surface area (Å²) in [6, 6.07) is 5.75. The molecule has 0 radical (unpaired) electrons. The van der Waals surface area contributed by atoms with Crippen LogP contribution in [0.25, 0.3) is 0 Å². The van der Waals surface area contributed by atoms with Gasteiger partial charge in [0.1, 0.15) is 11.2 Å². The molecule has 0 amide bonds. The maximum absolute atomic E-state index is 6.27. The SMILES string of the molecule is CCC(C)(C)Oc1ccc([Si](OC)(OC)OC)cc1OC(C)(C)CC. The molecular formula is C19H34O5Si. The van der Waals surface area contributed by atoms with Crippen LogP contribution in [-0.2, 0) is 13.3 Å². The molecule has 0 heterocycles. The van der Waals surface area contributed by atoms with Gasteiger partial charge in [-0.1, -0.05) is 19.9 Å². The van der Waals surface area contributed by atoms with Gasteiger partial charge in [-0.25, -0.2) is 0 Å². The van der Waals surface area contributed by atoms with Crippen molar-refractivity contribution < 1.29 is 22.8 Å². The van der Waals surface area contributed by atoms with Crippen molar-refractivity contribution in [2.24, 2.45) is 0 Å². The third-order valence-corrected chi connectivity index (χ3v) is 7.21. The summed E-state index contributed by atoms with van der Waals surface area (Å²) in [4.78, 5) is 0. The summed E-state index contributed by atoms with van der Waals surface area (Å²) in [6.07, 6.45) is 1.76. The summed E-state index contributed by atoms with van der Waals surface area (Å²) in [5, 5.41) is 0.837. The van der Waals surface area contributed by atoms with Crippen molar-refractivity contribution in [1.82, 2.24) is 0 Å². The van der Waals surface area contributed by atoms with Gasteiger partial charge < -0.3 is 22.8 Å². The maximum Gasteiger partial charge on any atom is 0.536 e. The summed E-state index contributed by atoms with van der Waals surface area (Å²) < 4.78 is 29.3. The van der Waals surface area contributed by atoms with E-state index in [9.17, 15) is 0 Å². The molecular weight excluding hydrogens is 336 g/mol. The highest BCUT2D eigenvalue weighted by Crippen LogP contribution is 2.34. The van der Waals surface area contributed by atoms with Crippen molar-refractivity contribution >= 4 is 14.0 Å². The second-order valence-corrected chi connectivity index (χ2v) is 10.2. The van der Waals surface area contributed by atoms with Crippen LogP contribution in [0.3, 0.4) is 0 Å². The molecule has 0 N–H and O–H groups in total. The molecule has 0 fully saturated rings. The molecule has 1 rings (SSSR count). The molecule has 0 saturated carbocycles. The highest BCUT2D eigenvalue weighted by molar-refractivity contribution is 6.75. The first-order valence-corrected chi connectivity index (χ1v) is 10.5. The zero-order valence-electron chi connectivity index (χ0n) is 17.2. The van der Waals surface area contributed by atoms with Crippen LogP contribution >= 0.6 is 0 Å². The highest BCUT2D eigenvalue weighted by atomic mass is 28.4. The van der Waals surface area contributed by atoms with Crippen LogP contribution in [0.4, 0.5) is 0 Å². The normalized spacial score (nSPS) is 13.0. The summed E-state index contributed by atoms with van der Waals surface area (Å²) in [5.74, 6) is 1.39. The zero-order chi connectivity index (χ0) is 19.3. The van der Waals surface area contributed by atoms with E-state index < -0.39 is 8.80 Å². The Balaban J connectivity index is 3.40. The Bertz CT molecular complexity index is 544. The average molecular weight is 371 g/mol. The second kappa shape index (κ2) is 8.53. The van der Waals surface area contributed by atoms with Crippen molar-refractivity contribution in [1.29, 1.82) is 0 Å². The minimum atomic E-state index is -2.94. The van der Waals surface area contributed by atoms with Crippen molar-refractivity contribution in [3.8, 4) is 11.5 Å². The molecule has 0 saturated heterocycles. The molecule has 6 heteroatoms. The van der Waals surface area contributed by atoms with Crippen LogP contribution in [0.5, 0.6) is 11.5 Å². The van der Waals surface area contributed by atoms with Gasteiger partial charge in [0.05, 0.1) is 0 Å². The quantitative estimate of drug-likeness (QED) is 0.585. The topological polar surface area (TPSA) is 46.2 Å². The molecule has 25 heavy (non-hydrogen) atoms. The lowest BCUT2D eigenvalue weighted by Gasteiger charge is -2.31. The van der Waals surface area contributed by atoms with E-state index in [-0.39, 0.29) is 11.2 Å². The Labute approximate surface area is 153 Å². The third-order valence-electron chi connectivity index (χ3n) is 4.58. The van der Waals surface area contributed by atoms with Crippen molar-refractivity contribution in [3.63, 3.8) is 0 Å². The lowest BCUT2D eigenvalue weighted by Crippen LogP contribution is -2.54. The minimum absolute atomic E-state index is 0.283. The molecule has 0 unspecified atom stereocenters. The van der Waals surface area contributed by atoms with Gasteiger partial charge in [0, 0.05) is 26.5 Å². The summed E-state index contributed by atoms with van der Waals surface area (Å²) in [7, 11) is 1.86. The third kappa shape index (κ3) is 5.44. The molecule has 0 atom stereocenters. The van der Waals surface area contributed by atoms with E-state index in [4.69, 9.17) is 22.8 Å². The van der Waals surface area contributed by atoms with Gasteiger partial charge >= 0.3 is 8.80 Å². The standard InChI is InChI=1S/C19H34O5Si/c1-10-18(3,4)23-16-13-12-15(25(20-7,21-8)22-9)14-17(16)24-19(5,6)11-2/h12-14H,10-11H2,1-9H3. The van der Waals surface area contributed by atoms with E-state index in [1.54, 1.807) is 21.3 Å². The molecule has 0 aliphatic heterocycles. The van der Waals surface area contributed by atoms with Gasteiger partial charge in [-0.2, -0.15) is 0 Å². The van der Waals surface area contributed by atoms with Gasteiger partial charge in [0.2, 0.25) is 0 Å². The Morgan fingerprint density at radius 2 is 1.20 bits per heavy atom. The highest BCUT2D eigenvalue weighted by Gasteiger charge is 2.41. The van der Waals surface area contributed by atoms with Crippen molar-refractivity contribution in [2.75, 3.05) is 21.3 Å². The molecule has 1 aromatic rings. The first-order valence-electron chi connectivity index (χ1n) is 8.76. The Hall–Kier alpha value is -1.08. The Kier molecular flexibility index (Phi) is 7.50. The van der Waals surface area contributed by atoms with E-state index in [1.165, 1.54) is 0 Å². The predicted molar refractivity (Wildman–Crippen MR) is 103 cm³/mol. The van der Waals surface area contributed by atoms with Gasteiger partial charge in [0.25, 0.3) is 0 Å². The molecule has 1 aromatic carbocycles. The van der Waals surface area contributed by atoms with E-state index >= 15 is 0 Å². The fourth-order valence-electron chi connectivity index (χ4n) is 2.21. The number of benzene rings is 1. The maximum atomic E-state index is 6.27. The molecule has 0 aromatic heterocycles. The monoisotopic (exact) mass is 370 g/mol. The Morgan fingerprint density at radius 1 is 0.760 bits per heavy atom. The Morgan fingerprint density at radius 3 is 1.60 bits per heavy atom. The summed E-state index contributed by atoms with van der Waals surface area (Å²) in [6.45, 7) is 12.4. The molecule has 0 bridgehead atoms. The second-order valence-electron chi connectivity index (χ2n) is 7.26. The van der Waals surface area contributed by atoms with Gasteiger partial charge in [-0.3, -0.25) is 0 Å². The fraction of sp³-hybridized carbons (Fsp3) is 0.684. The number of ether oxygens (including phenoxy) is 2.